The van der Waals surface area contributed by atoms with Gasteiger partial charge in [-0.2, -0.15) is 0 Å². The minimum atomic E-state index is -3.51. The maximum Gasteiger partial charge on any atom is 0.241 e. The van der Waals surface area contributed by atoms with Crippen LogP contribution >= 0.6 is 31.9 Å². The summed E-state index contributed by atoms with van der Waals surface area (Å²) >= 11 is 6.73. The van der Waals surface area contributed by atoms with Gasteiger partial charge in [0.05, 0.1) is 4.90 Å². The number of sulfonamides is 1. The Labute approximate surface area is 144 Å². The Morgan fingerprint density at radius 2 is 1.62 bits per heavy atom. The molecule has 0 aliphatic heterocycles. The van der Waals surface area contributed by atoms with Crippen molar-refractivity contribution < 1.29 is 8.42 Å². The molecule has 1 saturated carbocycles. The zero-order chi connectivity index (χ0) is 16.2. The van der Waals surface area contributed by atoms with Gasteiger partial charge in [-0.1, -0.05) is 43.6 Å². The second-order valence-electron chi connectivity index (χ2n) is 6.88. The molecular formula is C15H21Br2NO2S. The molecule has 0 aromatic heterocycles. The molecule has 3 nitrogen and oxygen atoms in total. The van der Waals surface area contributed by atoms with Gasteiger partial charge in [0.15, 0.2) is 0 Å². The fourth-order valence-corrected chi connectivity index (χ4v) is 5.67. The van der Waals surface area contributed by atoms with Gasteiger partial charge < -0.3 is 0 Å². The van der Waals surface area contributed by atoms with E-state index in [9.17, 15) is 8.42 Å². The molecule has 0 radical (unpaired) electrons. The smallest absolute Gasteiger partial charge is 0.211 e. The summed E-state index contributed by atoms with van der Waals surface area (Å²) in [4.78, 5) is 0.274. The molecular weight excluding hydrogens is 418 g/mol. The van der Waals surface area contributed by atoms with Gasteiger partial charge in [0.2, 0.25) is 10.0 Å². The minimum Gasteiger partial charge on any atom is -0.211 e. The second-order valence-corrected chi connectivity index (χ2v) is 10.3. The monoisotopic (exact) mass is 437 g/mol. The van der Waals surface area contributed by atoms with E-state index in [1.54, 1.807) is 6.07 Å². The van der Waals surface area contributed by atoms with Gasteiger partial charge in [0.25, 0.3) is 0 Å². The maximum absolute atomic E-state index is 12.5. The first-order chi connectivity index (χ1) is 9.41. The van der Waals surface area contributed by atoms with E-state index in [4.69, 9.17) is 0 Å². The van der Waals surface area contributed by atoms with Crippen LogP contribution in [0.25, 0.3) is 0 Å². The van der Waals surface area contributed by atoms with Crippen molar-refractivity contribution in [3.05, 3.63) is 26.6 Å². The van der Waals surface area contributed by atoms with Crippen molar-refractivity contribution >= 4 is 41.9 Å². The number of aryl methyl sites for hydroxylation is 1. The summed E-state index contributed by atoms with van der Waals surface area (Å²) in [7, 11) is -3.51. The van der Waals surface area contributed by atoms with Gasteiger partial charge in [-0.15, -0.1) is 0 Å². The molecule has 0 amide bonds. The molecule has 1 aliphatic rings. The number of halogens is 2. The van der Waals surface area contributed by atoms with Crippen LogP contribution in [-0.2, 0) is 10.0 Å². The van der Waals surface area contributed by atoms with E-state index in [2.05, 4.69) is 64.3 Å². The van der Waals surface area contributed by atoms with Crippen molar-refractivity contribution in [2.24, 2.45) is 16.7 Å². The fraction of sp³-hybridized carbons (Fsp3) is 0.600. The Kier molecular flexibility index (Phi) is 4.42. The van der Waals surface area contributed by atoms with Crippen molar-refractivity contribution in [2.45, 2.75) is 39.5 Å². The third-order valence-corrected chi connectivity index (χ3v) is 8.54. The lowest BCUT2D eigenvalue weighted by molar-refractivity contribution is 0.457. The van der Waals surface area contributed by atoms with Crippen molar-refractivity contribution in [3.8, 4) is 0 Å². The highest BCUT2D eigenvalue weighted by molar-refractivity contribution is 9.11. The van der Waals surface area contributed by atoms with E-state index >= 15 is 0 Å². The molecule has 0 saturated heterocycles. The van der Waals surface area contributed by atoms with Crippen LogP contribution in [0.1, 0.15) is 33.3 Å². The fourth-order valence-electron chi connectivity index (χ4n) is 2.95. The maximum atomic E-state index is 12.5. The van der Waals surface area contributed by atoms with Gasteiger partial charge in [-0.25, -0.2) is 13.1 Å². The molecule has 21 heavy (non-hydrogen) atoms. The van der Waals surface area contributed by atoms with E-state index in [0.29, 0.717) is 16.9 Å². The molecule has 0 unspecified atom stereocenters. The Morgan fingerprint density at radius 3 is 2.10 bits per heavy atom. The van der Waals surface area contributed by atoms with E-state index in [0.717, 1.165) is 10.0 Å². The summed E-state index contributed by atoms with van der Waals surface area (Å²) < 4.78 is 29.2. The summed E-state index contributed by atoms with van der Waals surface area (Å²) in [5, 5.41) is 0. The molecule has 1 fully saturated rings. The first-order valence-electron chi connectivity index (χ1n) is 6.86. The van der Waals surface area contributed by atoms with E-state index in [-0.39, 0.29) is 15.7 Å². The molecule has 0 spiro atoms. The molecule has 1 aromatic rings. The minimum absolute atomic E-state index is 0.167. The summed E-state index contributed by atoms with van der Waals surface area (Å²) in [6.07, 6.45) is 0. The largest absolute Gasteiger partial charge is 0.241 e. The quantitative estimate of drug-likeness (QED) is 0.752. The number of rotatable bonds is 4. The van der Waals surface area contributed by atoms with Crippen LogP contribution in [-0.4, -0.2) is 15.0 Å². The predicted molar refractivity (Wildman–Crippen MR) is 92.8 cm³/mol. The summed E-state index contributed by atoms with van der Waals surface area (Å²) in [5.41, 5.74) is 1.33. The first kappa shape index (κ1) is 17.4. The van der Waals surface area contributed by atoms with Crippen LogP contribution in [0.4, 0.5) is 0 Å². The number of hydrogen-bond donors (Lipinski definition) is 1. The zero-order valence-electron chi connectivity index (χ0n) is 12.9. The Morgan fingerprint density at radius 1 is 1.10 bits per heavy atom. The number of hydrogen-bond acceptors (Lipinski definition) is 2. The normalized spacial score (nSPS) is 20.5. The van der Waals surface area contributed by atoms with E-state index in [1.807, 2.05) is 13.0 Å². The molecule has 0 heterocycles. The standard InChI is InChI=1S/C15H21Br2NO2S/c1-9-6-11(17)12(7-10(9)16)21(19,20)18-8-13-14(2,3)15(13,4)5/h6-7,13,18H,8H2,1-5H3. The molecule has 2 rings (SSSR count). The third-order valence-electron chi connectivity index (χ3n) is 5.30. The highest BCUT2D eigenvalue weighted by Crippen LogP contribution is 2.68. The van der Waals surface area contributed by atoms with Crippen LogP contribution in [0.5, 0.6) is 0 Å². The van der Waals surface area contributed by atoms with Crippen LogP contribution in [0, 0.1) is 23.7 Å². The molecule has 0 bridgehead atoms. The van der Waals surface area contributed by atoms with Crippen LogP contribution < -0.4 is 4.72 Å². The third kappa shape index (κ3) is 2.96. The van der Waals surface area contributed by atoms with Crippen molar-refractivity contribution in [1.82, 2.24) is 4.72 Å². The summed E-state index contributed by atoms with van der Waals surface area (Å²) in [6.45, 7) is 11.1. The number of benzene rings is 1. The molecule has 1 aromatic carbocycles. The lowest BCUT2D eigenvalue weighted by Crippen LogP contribution is -2.27. The average molecular weight is 439 g/mol. The van der Waals surface area contributed by atoms with Crippen molar-refractivity contribution in [1.29, 1.82) is 0 Å². The lowest BCUT2D eigenvalue weighted by atomic mass is 10.0. The summed E-state index contributed by atoms with van der Waals surface area (Å²) in [6, 6.07) is 3.45. The zero-order valence-corrected chi connectivity index (χ0v) is 16.9. The molecule has 1 N–H and O–H groups in total. The van der Waals surface area contributed by atoms with Gasteiger partial charge in [0.1, 0.15) is 0 Å². The lowest BCUT2D eigenvalue weighted by Gasteiger charge is -2.11. The van der Waals surface area contributed by atoms with Crippen molar-refractivity contribution in [2.75, 3.05) is 6.54 Å². The molecule has 6 heteroatoms. The summed E-state index contributed by atoms with van der Waals surface area (Å²) in [5.74, 6) is 0.354. The highest BCUT2D eigenvalue weighted by atomic mass is 79.9. The highest BCUT2D eigenvalue weighted by Gasteiger charge is 2.64. The molecule has 118 valence electrons. The van der Waals surface area contributed by atoms with Crippen LogP contribution in [0.3, 0.4) is 0 Å². The average Bonchev–Trinajstić information content (AvgIpc) is 2.71. The van der Waals surface area contributed by atoms with Crippen LogP contribution in [0.15, 0.2) is 26.0 Å². The molecule has 0 atom stereocenters. The first-order valence-corrected chi connectivity index (χ1v) is 9.93. The SMILES string of the molecule is Cc1cc(Br)c(S(=O)(=O)NCC2C(C)(C)C2(C)C)cc1Br. The Balaban J connectivity index is 2.19. The molecule has 1 aliphatic carbocycles. The van der Waals surface area contributed by atoms with Crippen molar-refractivity contribution in [3.63, 3.8) is 0 Å². The van der Waals surface area contributed by atoms with Gasteiger partial charge in [-0.05, 0) is 57.3 Å². The van der Waals surface area contributed by atoms with Gasteiger partial charge in [0, 0.05) is 15.5 Å². The second kappa shape index (κ2) is 5.32. The predicted octanol–water partition coefficient (Wildman–Crippen LogP) is 4.48. The van der Waals surface area contributed by atoms with Gasteiger partial charge in [-0.3, -0.25) is 0 Å². The Bertz CT molecular complexity index is 667. The van der Waals surface area contributed by atoms with E-state index in [1.165, 1.54) is 0 Å². The topological polar surface area (TPSA) is 46.2 Å². The van der Waals surface area contributed by atoms with E-state index < -0.39 is 10.0 Å². The number of nitrogens with one attached hydrogen (secondary N) is 1. The Hall–Kier alpha value is 0.0900. The van der Waals surface area contributed by atoms with Crippen LogP contribution in [0.2, 0.25) is 0 Å². The van der Waals surface area contributed by atoms with Gasteiger partial charge >= 0.3 is 0 Å².